The van der Waals surface area contributed by atoms with Crippen molar-refractivity contribution in [1.29, 1.82) is 5.26 Å². The van der Waals surface area contributed by atoms with Gasteiger partial charge in [0, 0.05) is 20.1 Å². The van der Waals surface area contributed by atoms with E-state index >= 15 is 0 Å². The molecule has 72 valence electrons. The third kappa shape index (κ3) is 2.11. The lowest BCUT2D eigenvalue weighted by molar-refractivity contribution is 0.158. The quantitative estimate of drug-likeness (QED) is 0.605. The van der Waals surface area contributed by atoms with Gasteiger partial charge in [0.15, 0.2) is 0 Å². The van der Waals surface area contributed by atoms with E-state index in [2.05, 4.69) is 11.4 Å². The summed E-state index contributed by atoms with van der Waals surface area (Å²) in [6.45, 7) is 3.32. The summed E-state index contributed by atoms with van der Waals surface area (Å²) in [7, 11) is 1.63. The van der Waals surface area contributed by atoms with Gasteiger partial charge in [0.1, 0.15) is 0 Å². The van der Waals surface area contributed by atoms with E-state index in [1.807, 2.05) is 6.92 Å². The zero-order valence-electron chi connectivity index (χ0n) is 8.13. The largest absolute Gasteiger partial charge is 0.341 e. The highest BCUT2D eigenvalue weighted by Crippen LogP contribution is 2.29. The molecule has 4 heteroatoms. The number of carbonyl (C=O) groups excluding carboxylic acids is 1. The molecule has 1 heterocycles. The lowest BCUT2D eigenvalue weighted by Crippen LogP contribution is -2.45. The minimum atomic E-state index is -0.232. The summed E-state index contributed by atoms with van der Waals surface area (Å²) in [4.78, 5) is 12.9. The molecule has 1 N–H and O–H groups in total. The molecule has 0 saturated carbocycles. The molecule has 1 aliphatic heterocycles. The maximum atomic E-state index is 11.2. The number of rotatable bonds is 0. The van der Waals surface area contributed by atoms with Gasteiger partial charge in [-0.15, -0.1) is 0 Å². The van der Waals surface area contributed by atoms with Crippen molar-refractivity contribution in [2.75, 3.05) is 20.1 Å². The van der Waals surface area contributed by atoms with E-state index < -0.39 is 0 Å². The average Bonchev–Trinajstić information content (AvgIpc) is 2.18. The number of hydrogen-bond acceptors (Lipinski definition) is 2. The van der Waals surface area contributed by atoms with Crippen LogP contribution in [0.5, 0.6) is 0 Å². The number of nitrogens with zero attached hydrogens (tertiary/aromatic N) is 2. The summed E-state index contributed by atoms with van der Waals surface area (Å²) >= 11 is 0. The van der Waals surface area contributed by atoms with Gasteiger partial charge in [0.25, 0.3) is 0 Å². The third-order valence-electron chi connectivity index (χ3n) is 2.64. The Bertz CT molecular complexity index is 236. The van der Waals surface area contributed by atoms with Crippen molar-refractivity contribution in [1.82, 2.24) is 10.2 Å². The molecule has 13 heavy (non-hydrogen) atoms. The molecule has 0 atom stereocenters. The Labute approximate surface area is 78.5 Å². The predicted octanol–water partition coefficient (Wildman–Crippen LogP) is 0.951. The summed E-state index contributed by atoms with van der Waals surface area (Å²) in [6.07, 6.45) is 1.55. The Morgan fingerprint density at radius 3 is 2.46 bits per heavy atom. The second-order valence-electron chi connectivity index (χ2n) is 3.71. The van der Waals surface area contributed by atoms with Gasteiger partial charge in [-0.2, -0.15) is 5.26 Å². The van der Waals surface area contributed by atoms with E-state index in [0.717, 1.165) is 12.8 Å². The number of carbonyl (C=O) groups is 1. The minimum absolute atomic E-state index is 0.0417. The zero-order valence-corrected chi connectivity index (χ0v) is 8.13. The number of hydrogen-bond donors (Lipinski definition) is 1. The predicted molar refractivity (Wildman–Crippen MR) is 49.0 cm³/mol. The second-order valence-corrected chi connectivity index (χ2v) is 3.71. The molecule has 0 aliphatic carbocycles. The van der Waals surface area contributed by atoms with Crippen LogP contribution in [0.1, 0.15) is 19.8 Å². The van der Waals surface area contributed by atoms with Crippen LogP contribution in [0.15, 0.2) is 0 Å². The molecule has 0 spiro atoms. The summed E-state index contributed by atoms with van der Waals surface area (Å²) in [5.74, 6) is 0. The maximum absolute atomic E-state index is 11.2. The number of likely N-dealkylation sites (tertiary alicyclic amines) is 1. The molecule has 1 saturated heterocycles. The van der Waals surface area contributed by atoms with Gasteiger partial charge >= 0.3 is 6.03 Å². The van der Waals surface area contributed by atoms with Gasteiger partial charge < -0.3 is 10.2 Å². The van der Waals surface area contributed by atoms with Crippen molar-refractivity contribution in [2.24, 2.45) is 5.41 Å². The highest BCUT2D eigenvalue weighted by atomic mass is 16.2. The normalized spacial score (nSPS) is 20.5. The first-order valence-electron chi connectivity index (χ1n) is 4.49. The van der Waals surface area contributed by atoms with Crippen LogP contribution >= 0.6 is 0 Å². The summed E-state index contributed by atoms with van der Waals surface area (Å²) < 4.78 is 0. The zero-order chi connectivity index (χ0) is 9.90. The molecule has 0 unspecified atom stereocenters. The molecule has 0 aromatic heterocycles. The number of piperidine rings is 1. The fourth-order valence-corrected chi connectivity index (χ4v) is 1.47. The van der Waals surface area contributed by atoms with Crippen LogP contribution in [0.25, 0.3) is 0 Å². The van der Waals surface area contributed by atoms with Crippen molar-refractivity contribution in [3.8, 4) is 6.07 Å². The van der Waals surface area contributed by atoms with Crippen LogP contribution in [0.2, 0.25) is 0 Å². The Morgan fingerprint density at radius 1 is 1.54 bits per heavy atom. The van der Waals surface area contributed by atoms with E-state index in [9.17, 15) is 4.79 Å². The van der Waals surface area contributed by atoms with Crippen LogP contribution in [-0.4, -0.2) is 31.1 Å². The van der Waals surface area contributed by atoms with Gasteiger partial charge in [-0.1, -0.05) is 0 Å². The lowest BCUT2D eigenvalue weighted by Gasteiger charge is -2.34. The Balaban J connectivity index is 2.49. The first-order chi connectivity index (χ1) is 6.11. The summed E-state index contributed by atoms with van der Waals surface area (Å²) in [6, 6.07) is 2.26. The van der Waals surface area contributed by atoms with Crippen LogP contribution in [0, 0.1) is 16.7 Å². The number of urea groups is 1. The summed E-state index contributed by atoms with van der Waals surface area (Å²) in [5, 5.41) is 11.4. The first kappa shape index (κ1) is 9.85. The van der Waals surface area contributed by atoms with Crippen LogP contribution in [0.3, 0.4) is 0 Å². The molecule has 0 aromatic rings. The Morgan fingerprint density at radius 2 is 2.08 bits per heavy atom. The van der Waals surface area contributed by atoms with E-state index in [4.69, 9.17) is 5.26 Å². The smallest absolute Gasteiger partial charge is 0.317 e. The van der Waals surface area contributed by atoms with Crippen LogP contribution in [0.4, 0.5) is 4.79 Å². The van der Waals surface area contributed by atoms with Crippen molar-refractivity contribution >= 4 is 6.03 Å². The number of amides is 2. The van der Waals surface area contributed by atoms with E-state index in [-0.39, 0.29) is 11.4 Å². The maximum Gasteiger partial charge on any atom is 0.317 e. The molecule has 1 rings (SSSR count). The van der Waals surface area contributed by atoms with Gasteiger partial charge in [0.05, 0.1) is 11.5 Å². The van der Waals surface area contributed by atoms with Gasteiger partial charge in [-0.25, -0.2) is 4.79 Å². The third-order valence-corrected chi connectivity index (χ3v) is 2.64. The highest BCUT2D eigenvalue weighted by molar-refractivity contribution is 5.73. The molecular weight excluding hydrogens is 166 g/mol. The molecule has 0 aromatic carbocycles. The second kappa shape index (κ2) is 3.65. The SMILES string of the molecule is CNC(=O)N1CCC(C)(C#N)CC1. The highest BCUT2D eigenvalue weighted by Gasteiger charge is 2.31. The van der Waals surface area contributed by atoms with Gasteiger partial charge in [-0.3, -0.25) is 0 Å². The standard InChI is InChI=1S/C9H15N3O/c1-9(7-10)3-5-12(6-4-9)8(13)11-2/h3-6H2,1-2H3,(H,11,13). The molecule has 4 nitrogen and oxygen atoms in total. The lowest BCUT2D eigenvalue weighted by atomic mass is 9.82. The molecule has 0 radical (unpaired) electrons. The van der Waals surface area contributed by atoms with E-state index in [1.165, 1.54) is 0 Å². The molecule has 2 amide bonds. The van der Waals surface area contributed by atoms with Crippen molar-refractivity contribution < 1.29 is 4.79 Å². The number of nitrogens with one attached hydrogen (secondary N) is 1. The van der Waals surface area contributed by atoms with Gasteiger partial charge in [-0.05, 0) is 19.8 Å². The molecule has 0 bridgehead atoms. The van der Waals surface area contributed by atoms with E-state index in [0.29, 0.717) is 13.1 Å². The fourth-order valence-electron chi connectivity index (χ4n) is 1.47. The molecule has 1 aliphatic rings. The molecular formula is C9H15N3O. The minimum Gasteiger partial charge on any atom is -0.341 e. The summed E-state index contributed by atoms with van der Waals surface area (Å²) in [5.41, 5.74) is -0.232. The van der Waals surface area contributed by atoms with Crippen LogP contribution in [-0.2, 0) is 0 Å². The first-order valence-corrected chi connectivity index (χ1v) is 4.49. The van der Waals surface area contributed by atoms with E-state index in [1.54, 1.807) is 11.9 Å². The average molecular weight is 181 g/mol. The number of nitriles is 1. The fraction of sp³-hybridized carbons (Fsp3) is 0.778. The Kier molecular flexibility index (Phi) is 2.76. The van der Waals surface area contributed by atoms with Crippen molar-refractivity contribution in [3.63, 3.8) is 0 Å². The monoisotopic (exact) mass is 181 g/mol. The topological polar surface area (TPSA) is 56.1 Å². The molecule has 1 fully saturated rings. The van der Waals surface area contributed by atoms with Gasteiger partial charge in [0.2, 0.25) is 0 Å². The van der Waals surface area contributed by atoms with Crippen LogP contribution < -0.4 is 5.32 Å². The van der Waals surface area contributed by atoms with Crippen molar-refractivity contribution in [3.05, 3.63) is 0 Å². The van der Waals surface area contributed by atoms with Crippen molar-refractivity contribution in [2.45, 2.75) is 19.8 Å². The Hall–Kier alpha value is -1.24.